The summed E-state index contributed by atoms with van der Waals surface area (Å²) in [7, 11) is 0. The summed E-state index contributed by atoms with van der Waals surface area (Å²) in [5.74, 6) is 0.909. The Balaban J connectivity index is 0.000000628. The van der Waals surface area contributed by atoms with Gasteiger partial charge in [-0.25, -0.2) is 0 Å². The van der Waals surface area contributed by atoms with Crippen molar-refractivity contribution in [3.05, 3.63) is 86.1 Å². The molecule has 29 heavy (non-hydrogen) atoms. The quantitative estimate of drug-likeness (QED) is 0.256. The number of benzene rings is 3. The molecule has 1 amide bonds. The first-order valence-electron chi connectivity index (χ1n) is 9.39. The predicted molar refractivity (Wildman–Crippen MR) is 117 cm³/mol. The van der Waals surface area contributed by atoms with E-state index in [4.69, 9.17) is 4.74 Å². The number of anilines is 1. The minimum atomic E-state index is 0. The molecular weight excluding hydrogens is 355 g/mol. The molecule has 0 unspecified atom stereocenters. The van der Waals surface area contributed by atoms with Gasteiger partial charge in [0.2, 0.25) is 0 Å². The van der Waals surface area contributed by atoms with Gasteiger partial charge in [-0.2, -0.15) is 0 Å². The van der Waals surface area contributed by atoms with Crippen LogP contribution in [0.1, 0.15) is 12.0 Å². The van der Waals surface area contributed by atoms with E-state index in [0.717, 1.165) is 48.1 Å². The van der Waals surface area contributed by atoms with E-state index in [1.54, 1.807) is 6.41 Å². The maximum Gasteiger partial charge on any atom is 1.00 e. The fourth-order valence-electron chi connectivity index (χ4n) is 2.70. The number of rotatable bonds is 9. The fraction of sp³-hybridized carbons (Fsp3) is 0.208. The van der Waals surface area contributed by atoms with Crippen LogP contribution in [0.15, 0.2) is 66.7 Å². The Hall–Kier alpha value is -2.25. The van der Waals surface area contributed by atoms with Crippen LogP contribution in [-0.4, -0.2) is 26.1 Å². The summed E-state index contributed by atoms with van der Waals surface area (Å²) in [6, 6.07) is 22.1. The van der Waals surface area contributed by atoms with Gasteiger partial charge in [-0.3, -0.25) is 0 Å². The molecule has 0 aliphatic carbocycles. The number of para-hydroxylation sites is 1. The molecule has 2 N–H and O–H groups in total. The van der Waals surface area contributed by atoms with Gasteiger partial charge in [-0.15, -0.1) is 30.9 Å². The molecule has 0 saturated heterocycles. The van der Waals surface area contributed by atoms with E-state index in [2.05, 4.69) is 42.7 Å². The first-order chi connectivity index (χ1) is 13.8. The molecule has 148 valence electrons. The second kappa shape index (κ2) is 14.7. The zero-order valence-corrected chi connectivity index (χ0v) is 17.1. The van der Waals surface area contributed by atoms with Crippen LogP contribution >= 0.6 is 0 Å². The standard InChI is InChI=1S/C20H18NO2.C4H9N.Li/c22-15-21-19-11-10-17-9-8-16(13-18(17)14-19)5-4-12-23-20-6-2-1-3-7-20;1-3-5-4-2;/h1-3,6-11,13-14H,4-5,12H2,(H,21,22);5H,1-4H2;/q-1;-2;+1. The number of amides is 1. The molecule has 0 fully saturated rings. The van der Waals surface area contributed by atoms with Crippen molar-refractivity contribution < 1.29 is 28.4 Å². The Kier molecular flexibility index (Phi) is 12.6. The van der Waals surface area contributed by atoms with Crippen molar-refractivity contribution in [3.8, 4) is 5.75 Å². The van der Waals surface area contributed by atoms with Gasteiger partial charge in [0, 0.05) is 0 Å². The van der Waals surface area contributed by atoms with Crippen LogP contribution < -0.4 is 34.2 Å². The maximum absolute atomic E-state index is 10.4. The van der Waals surface area contributed by atoms with E-state index < -0.39 is 0 Å². The predicted octanol–water partition coefficient (Wildman–Crippen LogP) is 1.58. The summed E-state index contributed by atoms with van der Waals surface area (Å²) < 4.78 is 5.71. The Labute approximate surface area is 186 Å². The molecule has 0 radical (unpaired) electrons. The molecular formula is C24H27LiN2O2-2. The Morgan fingerprint density at radius 1 is 0.897 bits per heavy atom. The third-order valence-corrected chi connectivity index (χ3v) is 4.08. The average Bonchev–Trinajstić information content (AvgIpc) is 2.73. The summed E-state index contributed by atoms with van der Waals surface area (Å²) in [5, 5.41) is 7.73. The molecule has 0 aliphatic heterocycles. The van der Waals surface area contributed by atoms with Crippen LogP contribution in [0.4, 0.5) is 5.69 Å². The molecule has 0 aliphatic rings. The van der Waals surface area contributed by atoms with E-state index in [0.29, 0.717) is 6.61 Å². The summed E-state index contributed by atoms with van der Waals surface area (Å²) in [6.07, 6.45) is 3.62. The van der Waals surface area contributed by atoms with Crippen molar-refractivity contribution in [1.82, 2.24) is 5.32 Å². The molecule has 0 spiro atoms. The van der Waals surface area contributed by atoms with Crippen molar-refractivity contribution in [2.24, 2.45) is 0 Å². The van der Waals surface area contributed by atoms with Crippen molar-refractivity contribution in [2.45, 2.75) is 12.8 Å². The minimum absolute atomic E-state index is 0. The van der Waals surface area contributed by atoms with Crippen molar-refractivity contribution >= 4 is 22.9 Å². The molecule has 3 aromatic rings. The van der Waals surface area contributed by atoms with Crippen molar-refractivity contribution in [1.29, 1.82) is 0 Å². The van der Waals surface area contributed by atoms with Gasteiger partial charge in [0.05, 0.1) is 13.0 Å². The van der Waals surface area contributed by atoms with Crippen molar-refractivity contribution in [3.63, 3.8) is 0 Å². The Bertz CT molecular complexity index is 839. The maximum atomic E-state index is 10.4. The van der Waals surface area contributed by atoms with Crippen LogP contribution in [0.25, 0.3) is 10.8 Å². The SMILES string of the molecule is O=[C-]Nc1ccc2ccc(CCCOc3ccccc3)cc2c1.[CH2-]CNC[CH2-].[Li+]. The van der Waals surface area contributed by atoms with E-state index in [1.807, 2.05) is 48.5 Å². The van der Waals surface area contributed by atoms with Crippen molar-refractivity contribution in [2.75, 3.05) is 25.0 Å². The molecule has 0 bridgehead atoms. The number of fused-ring (bicyclic) bond motifs is 1. The van der Waals surface area contributed by atoms with Crippen LogP contribution in [0.3, 0.4) is 0 Å². The molecule has 4 nitrogen and oxygen atoms in total. The number of carbonyl (C=O) groups excluding carboxylic acids is 1. The third kappa shape index (κ3) is 9.19. The minimum Gasteiger partial charge on any atom is -0.494 e. The van der Waals surface area contributed by atoms with Gasteiger partial charge in [0.25, 0.3) is 0 Å². The monoisotopic (exact) mass is 382 g/mol. The number of hydrogen-bond donors (Lipinski definition) is 2. The second-order valence-corrected chi connectivity index (χ2v) is 6.14. The second-order valence-electron chi connectivity index (χ2n) is 6.14. The first-order valence-corrected chi connectivity index (χ1v) is 9.39. The third-order valence-electron chi connectivity index (χ3n) is 4.08. The number of aryl methyl sites for hydroxylation is 1. The van der Waals surface area contributed by atoms with Gasteiger partial charge in [0.1, 0.15) is 5.75 Å². The van der Waals surface area contributed by atoms with Gasteiger partial charge in [0.15, 0.2) is 0 Å². The Morgan fingerprint density at radius 3 is 2.28 bits per heavy atom. The molecule has 0 atom stereocenters. The van der Waals surface area contributed by atoms with Crippen LogP contribution in [0, 0.1) is 13.8 Å². The summed E-state index contributed by atoms with van der Waals surface area (Å²) in [5.41, 5.74) is 2.03. The molecule has 3 rings (SSSR count). The first kappa shape index (κ1) is 24.8. The smallest absolute Gasteiger partial charge is 0.494 e. The van der Waals surface area contributed by atoms with Gasteiger partial charge < -0.3 is 34.0 Å². The van der Waals surface area contributed by atoms with E-state index in [1.165, 1.54) is 5.56 Å². The summed E-state index contributed by atoms with van der Waals surface area (Å²) >= 11 is 0. The van der Waals surface area contributed by atoms with E-state index in [-0.39, 0.29) is 18.9 Å². The number of ether oxygens (including phenoxy) is 1. The normalized spacial score (nSPS) is 9.72. The molecule has 0 saturated carbocycles. The largest absolute Gasteiger partial charge is 1.00 e. The van der Waals surface area contributed by atoms with Crippen LogP contribution in [0.5, 0.6) is 5.75 Å². The molecule has 5 heteroatoms. The fourth-order valence-corrected chi connectivity index (χ4v) is 2.70. The zero-order valence-electron chi connectivity index (χ0n) is 17.1. The topological polar surface area (TPSA) is 50.4 Å². The van der Waals surface area contributed by atoms with Crippen LogP contribution in [-0.2, 0) is 11.2 Å². The van der Waals surface area contributed by atoms with E-state index >= 15 is 0 Å². The van der Waals surface area contributed by atoms with Gasteiger partial charge in [-0.05, 0) is 41.3 Å². The molecule has 3 aromatic carbocycles. The number of nitrogens with one attached hydrogen (secondary N) is 2. The molecule has 0 heterocycles. The average molecular weight is 382 g/mol. The zero-order chi connectivity index (χ0) is 20.0. The molecule has 0 aromatic heterocycles. The van der Waals surface area contributed by atoms with Gasteiger partial charge in [-0.1, -0.05) is 42.5 Å². The summed E-state index contributed by atoms with van der Waals surface area (Å²) in [4.78, 5) is 10.4. The summed E-state index contributed by atoms with van der Waals surface area (Å²) in [6.45, 7) is 9.31. The van der Waals surface area contributed by atoms with Gasteiger partial charge >= 0.3 is 18.9 Å². The number of hydrogen-bond acceptors (Lipinski definition) is 3. The van der Waals surface area contributed by atoms with Crippen LogP contribution in [0.2, 0.25) is 0 Å². The van der Waals surface area contributed by atoms with E-state index in [9.17, 15) is 4.79 Å². The Morgan fingerprint density at radius 2 is 1.62 bits per heavy atom.